The molecular weight excluding hydrogens is 551 g/mol. The molecule has 6 rings (SSSR count). The Hall–Kier alpha value is -3.26. The van der Waals surface area contributed by atoms with Gasteiger partial charge in [0.05, 0.1) is 16.7 Å². The highest BCUT2D eigenvalue weighted by Gasteiger charge is 2.41. The van der Waals surface area contributed by atoms with E-state index in [0.717, 1.165) is 41.7 Å². The number of aromatic nitrogens is 2. The molecule has 0 bridgehead atoms. The number of hydrogen-bond acceptors (Lipinski definition) is 5. The van der Waals surface area contributed by atoms with Crippen molar-refractivity contribution in [2.75, 3.05) is 0 Å². The number of carbonyl (C=O) groups is 1. The van der Waals surface area contributed by atoms with Gasteiger partial charge in [-0.2, -0.15) is 4.73 Å². The molecule has 2 fully saturated rings. The van der Waals surface area contributed by atoms with Crippen molar-refractivity contribution in [3.63, 3.8) is 0 Å². The fourth-order valence-electron chi connectivity index (χ4n) is 4.92. The molecule has 2 unspecified atom stereocenters. The van der Waals surface area contributed by atoms with E-state index in [4.69, 9.17) is 44.1 Å². The van der Waals surface area contributed by atoms with Crippen LogP contribution in [0.5, 0.6) is 5.75 Å². The zero-order valence-electron chi connectivity index (χ0n) is 19.9. The zero-order valence-corrected chi connectivity index (χ0v) is 22.1. The summed E-state index contributed by atoms with van der Waals surface area (Å²) in [5, 5.41) is 26.2. The summed E-state index contributed by atoms with van der Waals surface area (Å²) < 4.78 is 12.3. The number of benzene rings is 2. The summed E-state index contributed by atoms with van der Waals surface area (Å²) in [5.74, 6) is 1.09. The number of carboxylic acids is 1. The molecule has 2 aromatic heterocycles. The van der Waals surface area contributed by atoms with Gasteiger partial charge in [0.1, 0.15) is 33.9 Å². The van der Waals surface area contributed by atoms with E-state index in [-0.39, 0.29) is 40.0 Å². The molecule has 2 heterocycles. The van der Waals surface area contributed by atoms with Gasteiger partial charge in [0.15, 0.2) is 12.4 Å². The predicted molar refractivity (Wildman–Crippen MR) is 142 cm³/mol. The van der Waals surface area contributed by atoms with Crippen molar-refractivity contribution in [2.24, 2.45) is 0 Å². The summed E-state index contributed by atoms with van der Waals surface area (Å²) in [5.41, 5.74) is 3.90. The van der Waals surface area contributed by atoms with Crippen LogP contribution in [-0.2, 0) is 6.61 Å². The molecule has 0 spiro atoms. The van der Waals surface area contributed by atoms with Crippen molar-refractivity contribution in [1.82, 2.24) is 5.16 Å². The van der Waals surface area contributed by atoms with Crippen molar-refractivity contribution in [1.29, 1.82) is 0 Å². The minimum absolute atomic E-state index is 0.160. The Morgan fingerprint density at radius 3 is 2.53 bits per heavy atom. The lowest BCUT2D eigenvalue weighted by Crippen LogP contribution is -2.24. The summed E-state index contributed by atoms with van der Waals surface area (Å²) >= 11 is 19.3. The molecular formula is C28H21Cl3N2O5. The van der Waals surface area contributed by atoms with Crippen LogP contribution in [0.2, 0.25) is 15.1 Å². The van der Waals surface area contributed by atoms with Crippen molar-refractivity contribution in [3.05, 3.63) is 103 Å². The van der Waals surface area contributed by atoms with Crippen molar-refractivity contribution in [2.45, 2.75) is 43.6 Å². The van der Waals surface area contributed by atoms with Crippen LogP contribution in [-0.4, -0.2) is 16.2 Å². The summed E-state index contributed by atoms with van der Waals surface area (Å²) in [4.78, 5) is 11.3. The molecule has 0 amide bonds. The molecule has 2 saturated carbocycles. The first-order valence-corrected chi connectivity index (χ1v) is 13.3. The molecule has 0 saturated heterocycles. The molecule has 2 aliphatic carbocycles. The van der Waals surface area contributed by atoms with Gasteiger partial charge < -0.3 is 19.6 Å². The van der Waals surface area contributed by atoms with Crippen LogP contribution >= 0.6 is 34.8 Å². The third kappa shape index (κ3) is 4.82. The minimum atomic E-state index is -0.935. The second-order valence-electron chi connectivity index (χ2n) is 9.69. The van der Waals surface area contributed by atoms with Gasteiger partial charge in [-0.1, -0.05) is 58.2 Å². The van der Waals surface area contributed by atoms with Crippen molar-refractivity contribution in [3.8, 4) is 17.0 Å². The first kappa shape index (κ1) is 25.0. The van der Waals surface area contributed by atoms with Crippen LogP contribution in [0.3, 0.4) is 0 Å². The molecule has 2 aliphatic rings. The molecule has 7 nitrogen and oxygen atoms in total. The van der Waals surface area contributed by atoms with E-state index in [1.54, 1.807) is 24.3 Å². The van der Waals surface area contributed by atoms with E-state index in [9.17, 15) is 15.1 Å². The van der Waals surface area contributed by atoms with Gasteiger partial charge in [-0.3, -0.25) is 0 Å². The van der Waals surface area contributed by atoms with Crippen LogP contribution in [0.4, 0.5) is 0 Å². The Balaban J connectivity index is 1.21. The smallest absolute Gasteiger partial charge is 0.335 e. The maximum atomic E-state index is 11.7. The number of rotatable bonds is 8. The molecule has 0 radical (unpaired) electrons. The lowest BCUT2D eigenvalue weighted by Gasteiger charge is -2.11. The topological polar surface area (TPSA) is 99.5 Å². The fraction of sp³-hybridized carbons (Fsp3) is 0.250. The summed E-state index contributed by atoms with van der Waals surface area (Å²) in [6, 6.07) is 12.7. The molecule has 1 N–H and O–H groups in total. The van der Waals surface area contributed by atoms with Crippen LogP contribution in [0.15, 0.2) is 59.4 Å². The van der Waals surface area contributed by atoms with Gasteiger partial charge >= 0.3 is 5.97 Å². The highest BCUT2D eigenvalue weighted by atomic mass is 35.5. The highest BCUT2D eigenvalue weighted by Crippen LogP contribution is 2.56. The lowest BCUT2D eigenvalue weighted by molar-refractivity contribution is -0.605. The Labute approximate surface area is 233 Å². The minimum Gasteiger partial charge on any atom is -0.619 e. The van der Waals surface area contributed by atoms with Crippen LogP contribution in [0, 0.1) is 5.21 Å². The zero-order chi connectivity index (χ0) is 26.6. The summed E-state index contributed by atoms with van der Waals surface area (Å²) in [6.45, 7) is 0.160. The normalized spacial score (nSPS) is 18.4. The number of aromatic carboxylic acids is 1. The Morgan fingerprint density at radius 1 is 1.08 bits per heavy atom. The van der Waals surface area contributed by atoms with Gasteiger partial charge in [0, 0.05) is 10.9 Å². The van der Waals surface area contributed by atoms with Gasteiger partial charge in [-0.15, -0.1) is 0 Å². The van der Waals surface area contributed by atoms with E-state index in [1.807, 2.05) is 18.2 Å². The molecule has 2 atom stereocenters. The third-order valence-electron chi connectivity index (χ3n) is 7.07. The first-order chi connectivity index (χ1) is 18.3. The summed E-state index contributed by atoms with van der Waals surface area (Å²) in [6.07, 6.45) is 5.34. The molecule has 0 aliphatic heterocycles. The van der Waals surface area contributed by atoms with Crippen molar-refractivity contribution >= 4 is 40.8 Å². The molecule has 2 aromatic carbocycles. The Morgan fingerprint density at radius 2 is 1.84 bits per heavy atom. The Bertz CT molecular complexity index is 1540. The van der Waals surface area contributed by atoms with Crippen LogP contribution in [0.25, 0.3) is 11.3 Å². The second-order valence-corrected chi connectivity index (χ2v) is 10.9. The maximum absolute atomic E-state index is 11.7. The number of halogens is 3. The number of carboxylic acid groups (broad SMARTS) is 1. The molecule has 4 aromatic rings. The van der Waals surface area contributed by atoms with E-state index >= 15 is 0 Å². The number of nitrogens with zero attached hydrogens (tertiary/aromatic N) is 2. The van der Waals surface area contributed by atoms with Gasteiger partial charge in [-0.25, -0.2) is 4.79 Å². The van der Waals surface area contributed by atoms with E-state index < -0.39 is 5.97 Å². The van der Waals surface area contributed by atoms with E-state index in [0.29, 0.717) is 26.8 Å². The van der Waals surface area contributed by atoms with Gasteiger partial charge in [0.25, 0.3) is 0 Å². The predicted octanol–water partition coefficient (Wildman–Crippen LogP) is 7.36. The van der Waals surface area contributed by atoms with Gasteiger partial charge in [-0.05, 0) is 66.5 Å². The van der Waals surface area contributed by atoms with Gasteiger partial charge in [0.2, 0.25) is 0 Å². The largest absolute Gasteiger partial charge is 0.619 e. The van der Waals surface area contributed by atoms with E-state index in [1.165, 1.54) is 12.4 Å². The molecule has 194 valence electrons. The highest BCUT2D eigenvalue weighted by molar-refractivity contribution is 6.38. The summed E-state index contributed by atoms with van der Waals surface area (Å²) in [7, 11) is 0. The fourth-order valence-corrected chi connectivity index (χ4v) is 5.85. The average molecular weight is 572 g/mol. The number of pyridine rings is 1. The first-order valence-electron chi connectivity index (χ1n) is 12.1. The Kier molecular flexibility index (Phi) is 6.46. The monoisotopic (exact) mass is 570 g/mol. The quantitative estimate of drug-likeness (QED) is 0.175. The maximum Gasteiger partial charge on any atom is 0.335 e. The molecule has 10 heteroatoms. The average Bonchev–Trinajstić information content (AvgIpc) is 3.81. The van der Waals surface area contributed by atoms with Crippen LogP contribution in [0.1, 0.15) is 69.8 Å². The van der Waals surface area contributed by atoms with Crippen molar-refractivity contribution < 1.29 is 23.9 Å². The SMILES string of the molecule is O=C(O)c1cccc(C2CC2c2ccc(OCc3c(-c4c(Cl)c[n+]([O-])cc4Cl)noc3C3CC3)cc2Cl)c1. The van der Waals surface area contributed by atoms with E-state index in [2.05, 4.69) is 5.16 Å². The number of ether oxygens (including phenoxy) is 1. The van der Waals surface area contributed by atoms with Crippen LogP contribution < -0.4 is 9.47 Å². The molecule has 38 heavy (non-hydrogen) atoms. The number of hydrogen-bond donors (Lipinski definition) is 1. The second kappa shape index (κ2) is 9.80. The standard InChI is InChI=1S/C28H21Cl3N2O5/c29-22-9-17(6-7-18(22)20-10-19(20)15-2-1-3-16(8-15)28(34)35)37-13-21-26(32-38-27(21)14-4-5-14)25-23(30)11-33(36)12-24(25)31/h1-3,6-9,11-12,14,19-20H,4-5,10,13H2,(H,34,35). The lowest BCUT2D eigenvalue weighted by atomic mass is 10.0. The third-order valence-corrected chi connectivity index (χ3v) is 7.97.